The van der Waals surface area contributed by atoms with Gasteiger partial charge in [-0.3, -0.25) is 9.10 Å². The maximum absolute atomic E-state index is 12.7. The van der Waals surface area contributed by atoms with Gasteiger partial charge in [-0.25, -0.2) is 8.42 Å². The van der Waals surface area contributed by atoms with Crippen molar-refractivity contribution in [1.82, 2.24) is 10.2 Å². The zero-order valence-corrected chi connectivity index (χ0v) is 19.1. The van der Waals surface area contributed by atoms with Crippen LogP contribution < -0.4 is 9.62 Å². The minimum Gasteiger partial charge on any atom is -0.376 e. The predicted octanol–water partition coefficient (Wildman–Crippen LogP) is 2.82. The number of nitrogens with one attached hydrogen (secondary N) is 1. The summed E-state index contributed by atoms with van der Waals surface area (Å²) in [6, 6.07) is 5.27. The second-order valence-electron chi connectivity index (χ2n) is 7.38. The molecule has 0 aliphatic carbocycles. The lowest BCUT2D eigenvalue weighted by Gasteiger charge is -2.29. The molecule has 1 aromatic heterocycles. The monoisotopic (exact) mass is 468 g/mol. The summed E-state index contributed by atoms with van der Waals surface area (Å²) in [7, 11) is -3.31. The van der Waals surface area contributed by atoms with Gasteiger partial charge in [-0.1, -0.05) is 23.1 Å². The average molecular weight is 469 g/mol. The molecule has 0 spiro atoms. The highest BCUT2D eigenvalue weighted by atomic mass is 32.2. The number of anilines is 2. The SMILES string of the molecule is CS(=O)(=O)N1CCCc2cc(C(=O)CSc3nnc(NC[C@@H]4CCCO4)s3)ccc21. The fraction of sp³-hybridized carbons (Fsp3) is 0.526. The Labute approximate surface area is 184 Å². The number of hydrogen-bond donors (Lipinski definition) is 1. The van der Waals surface area contributed by atoms with E-state index in [9.17, 15) is 13.2 Å². The predicted molar refractivity (Wildman–Crippen MR) is 119 cm³/mol. The molecule has 1 aromatic carbocycles. The number of aromatic nitrogens is 2. The Morgan fingerprint density at radius 2 is 2.23 bits per heavy atom. The van der Waals surface area contributed by atoms with Crippen LogP contribution in [-0.2, 0) is 21.2 Å². The zero-order valence-electron chi connectivity index (χ0n) is 16.7. The topological polar surface area (TPSA) is 101 Å². The number of thioether (sulfide) groups is 1. The lowest BCUT2D eigenvalue weighted by Crippen LogP contribution is -2.34. The number of Topliss-reactive ketones (excluding diaryl/α,β-unsaturated/α-hetero) is 1. The largest absolute Gasteiger partial charge is 0.376 e. The van der Waals surface area contributed by atoms with Gasteiger partial charge in [-0.05, 0) is 49.4 Å². The summed E-state index contributed by atoms with van der Waals surface area (Å²) in [5.41, 5.74) is 2.18. The molecule has 1 N–H and O–H groups in total. The van der Waals surface area contributed by atoms with E-state index in [1.807, 2.05) is 6.07 Å². The quantitative estimate of drug-likeness (QED) is 0.466. The molecule has 0 unspecified atom stereocenters. The summed E-state index contributed by atoms with van der Waals surface area (Å²) in [5.74, 6) is 0.248. The van der Waals surface area contributed by atoms with Gasteiger partial charge < -0.3 is 10.1 Å². The van der Waals surface area contributed by atoms with Crippen LogP contribution in [0.4, 0.5) is 10.8 Å². The number of carbonyl (C=O) groups excluding carboxylic acids is 1. The lowest BCUT2D eigenvalue weighted by atomic mass is 9.99. The number of nitrogens with zero attached hydrogens (tertiary/aromatic N) is 3. The first-order chi connectivity index (χ1) is 14.4. The highest BCUT2D eigenvalue weighted by Crippen LogP contribution is 2.31. The van der Waals surface area contributed by atoms with Gasteiger partial charge in [0.15, 0.2) is 10.1 Å². The van der Waals surface area contributed by atoms with Crippen LogP contribution >= 0.6 is 23.1 Å². The molecule has 1 fully saturated rings. The molecule has 11 heteroatoms. The highest BCUT2D eigenvalue weighted by Gasteiger charge is 2.25. The van der Waals surface area contributed by atoms with Gasteiger partial charge in [0.25, 0.3) is 0 Å². The van der Waals surface area contributed by atoms with Crippen LogP contribution in [0.2, 0.25) is 0 Å². The second-order valence-corrected chi connectivity index (χ2v) is 11.5. The van der Waals surface area contributed by atoms with Crippen molar-refractivity contribution < 1.29 is 17.9 Å². The summed E-state index contributed by atoms with van der Waals surface area (Å²) in [5, 5.41) is 12.2. The van der Waals surface area contributed by atoms with Crippen molar-refractivity contribution in [3.63, 3.8) is 0 Å². The van der Waals surface area contributed by atoms with E-state index in [0.29, 0.717) is 17.8 Å². The molecule has 8 nitrogen and oxygen atoms in total. The summed E-state index contributed by atoms with van der Waals surface area (Å²) in [6.07, 6.45) is 5.12. The first-order valence-electron chi connectivity index (χ1n) is 9.86. The molecular weight excluding hydrogens is 444 g/mol. The van der Waals surface area contributed by atoms with Gasteiger partial charge in [0.05, 0.1) is 23.8 Å². The van der Waals surface area contributed by atoms with Crippen molar-refractivity contribution in [3.05, 3.63) is 29.3 Å². The molecular formula is C19H24N4O4S3. The highest BCUT2D eigenvalue weighted by molar-refractivity contribution is 8.01. The normalized spacial score (nSPS) is 19.0. The number of fused-ring (bicyclic) bond motifs is 1. The van der Waals surface area contributed by atoms with Gasteiger partial charge in [0.2, 0.25) is 15.2 Å². The van der Waals surface area contributed by atoms with E-state index < -0.39 is 10.0 Å². The maximum Gasteiger partial charge on any atom is 0.232 e. The van der Waals surface area contributed by atoms with E-state index in [0.717, 1.165) is 53.9 Å². The molecule has 4 rings (SSSR count). The Bertz CT molecular complexity index is 1020. The van der Waals surface area contributed by atoms with Crippen molar-refractivity contribution in [2.75, 3.05) is 41.3 Å². The number of aryl methyl sites for hydroxylation is 1. The molecule has 162 valence electrons. The third-order valence-corrected chi connectivity index (χ3v) is 8.31. The maximum atomic E-state index is 12.7. The van der Waals surface area contributed by atoms with Crippen molar-refractivity contribution in [2.24, 2.45) is 0 Å². The molecule has 3 heterocycles. The standard InChI is InChI=1S/C19H24N4O4S3/c1-30(25,26)23-8-2-4-13-10-14(6-7-16(13)23)17(24)12-28-19-22-21-18(29-19)20-11-15-5-3-9-27-15/h6-7,10,15H,2-5,8-9,11-12H2,1H3,(H,20,21)/t15-/m0/s1. The van der Waals surface area contributed by atoms with Crippen LogP contribution in [0.5, 0.6) is 0 Å². The van der Waals surface area contributed by atoms with Crippen molar-refractivity contribution in [1.29, 1.82) is 0 Å². The van der Waals surface area contributed by atoms with E-state index in [1.165, 1.54) is 33.7 Å². The Morgan fingerprint density at radius 3 is 3.00 bits per heavy atom. The molecule has 1 saturated heterocycles. The fourth-order valence-electron chi connectivity index (χ4n) is 3.64. The van der Waals surface area contributed by atoms with Crippen LogP contribution in [-0.4, -0.2) is 62.2 Å². The van der Waals surface area contributed by atoms with E-state index in [1.54, 1.807) is 12.1 Å². The number of carbonyl (C=O) groups is 1. The molecule has 1 atom stereocenters. The third kappa shape index (κ3) is 5.13. The first kappa shape index (κ1) is 21.5. The molecule has 0 saturated carbocycles. The van der Waals surface area contributed by atoms with Crippen LogP contribution in [0.3, 0.4) is 0 Å². The number of rotatable bonds is 8. The van der Waals surface area contributed by atoms with Crippen LogP contribution in [0.15, 0.2) is 22.5 Å². The molecule has 0 bridgehead atoms. The molecule has 2 aliphatic heterocycles. The molecule has 2 aromatic rings. The average Bonchev–Trinajstić information content (AvgIpc) is 3.40. The Morgan fingerprint density at radius 1 is 1.37 bits per heavy atom. The first-order valence-corrected chi connectivity index (χ1v) is 13.5. The van der Waals surface area contributed by atoms with Crippen molar-refractivity contribution in [2.45, 2.75) is 36.1 Å². The lowest BCUT2D eigenvalue weighted by molar-refractivity contribution is 0.102. The fourth-order valence-corrected chi connectivity index (χ4v) is 6.29. The van der Waals surface area contributed by atoms with Gasteiger partial charge in [-0.2, -0.15) is 0 Å². The number of sulfonamides is 1. The summed E-state index contributed by atoms with van der Waals surface area (Å²) in [6.45, 7) is 2.02. The van der Waals surface area contributed by atoms with E-state index >= 15 is 0 Å². The zero-order chi connectivity index (χ0) is 21.1. The van der Waals surface area contributed by atoms with E-state index in [-0.39, 0.29) is 17.6 Å². The summed E-state index contributed by atoms with van der Waals surface area (Å²) < 4.78 is 31.7. The number of hydrogen-bond acceptors (Lipinski definition) is 9. The van der Waals surface area contributed by atoms with Crippen LogP contribution in [0.1, 0.15) is 35.2 Å². The molecule has 30 heavy (non-hydrogen) atoms. The number of ether oxygens (including phenoxy) is 1. The van der Waals surface area contributed by atoms with Crippen molar-refractivity contribution in [3.8, 4) is 0 Å². The molecule has 0 radical (unpaired) electrons. The molecule has 2 aliphatic rings. The third-order valence-electron chi connectivity index (χ3n) is 5.12. The van der Waals surface area contributed by atoms with Crippen LogP contribution in [0, 0.1) is 0 Å². The minimum absolute atomic E-state index is 0.0108. The van der Waals surface area contributed by atoms with E-state index in [2.05, 4.69) is 15.5 Å². The summed E-state index contributed by atoms with van der Waals surface area (Å²) >= 11 is 2.79. The Kier molecular flexibility index (Phi) is 6.61. The Balaban J connectivity index is 1.34. The van der Waals surface area contributed by atoms with Gasteiger partial charge >= 0.3 is 0 Å². The van der Waals surface area contributed by atoms with E-state index in [4.69, 9.17) is 4.74 Å². The smallest absolute Gasteiger partial charge is 0.232 e. The summed E-state index contributed by atoms with van der Waals surface area (Å²) in [4.78, 5) is 12.7. The minimum atomic E-state index is -3.31. The van der Waals surface area contributed by atoms with Gasteiger partial charge in [0, 0.05) is 25.3 Å². The second kappa shape index (κ2) is 9.21. The number of ketones is 1. The van der Waals surface area contributed by atoms with Crippen LogP contribution in [0.25, 0.3) is 0 Å². The van der Waals surface area contributed by atoms with Crippen molar-refractivity contribution >= 4 is 49.7 Å². The van der Waals surface area contributed by atoms with Gasteiger partial charge in [0.1, 0.15) is 0 Å². The molecule has 0 amide bonds. The number of benzene rings is 1. The Hall–Kier alpha value is -1.69. The van der Waals surface area contributed by atoms with Gasteiger partial charge in [-0.15, -0.1) is 10.2 Å².